The Morgan fingerprint density at radius 3 is 2.89 bits per heavy atom. The highest BCUT2D eigenvalue weighted by atomic mass is 16.5. The summed E-state index contributed by atoms with van der Waals surface area (Å²) in [4.78, 5) is 4.53. The molecule has 3 heteroatoms. The van der Waals surface area contributed by atoms with E-state index in [9.17, 15) is 0 Å². The Bertz CT molecular complexity index is 525. The van der Waals surface area contributed by atoms with Crippen LogP contribution in [-0.2, 0) is 0 Å². The first-order valence-electron chi connectivity index (χ1n) is 6.45. The van der Waals surface area contributed by atoms with Crippen molar-refractivity contribution in [3.05, 3.63) is 36.0 Å². The van der Waals surface area contributed by atoms with Crippen molar-refractivity contribution in [3.63, 3.8) is 0 Å². The van der Waals surface area contributed by atoms with E-state index in [1.165, 1.54) is 0 Å². The van der Waals surface area contributed by atoms with Gasteiger partial charge < -0.3 is 10.5 Å². The van der Waals surface area contributed by atoms with E-state index >= 15 is 0 Å². The molecule has 2 N–H and O–H groups in total. The van der Waals surface area contributed by atoms with Crippen molar-refractivity contribution in [1.82, 2.24) is 4.98 Å². The average molecular weight is 244 g/mol. The highest BCUT2D eigenvalue weighted by Crippen LogP contribution is 2.24. The number of aromatic nitrogens is 1. The van der Waals surface area contributed by atoms with Crippen molar-refractivity contribution in [2.75, 3.05) is 6.61 Å². The summed E-state index contributed by atoms with van der Waals surface area (Å²) in [5.74, 6) is 0.822. The van der Waals surface area contributed by atoms with Gasteiger partial charge in [0.2, 0.25) is 0 Å². The molecule has 0 bridgehead atoms. The third-order valence-corrected chi connectivity index (χ3v) is 2.93. The quantitative estimate of drug-likeness (QED) is 0.879. The van der Waals surface area contributed by atoms with Crippen LogP contribution in [0.1, 0.15) is 25.5 Å². The number of rotatable bonds is 5. The molecule has 0 amide bonds. The normalized spacial score (nSPS) is 12.6. The molecular weight excluding hydrogens is 224 g/mol. The SMILES string of the molecule is CCCC(N)COc1cccc2ccc(C)nc12. The fourth-order valence-electron chi connectivity index (χ4n) is 1.98. The lowest BCUT2D eigenvalue weighted by atomic mass is 10.2. The molecule has 0 fully saturated rings. The molecule has 96 valence electrons. The zero-order chi connectivity index (χ0) is 13.0. The zero-order valence-corrected chi connectivity index (χ0v) is 11.0. The molecule has 1 heterocycles. The third kappa shape index (κ3) is 2.99. The molecule has 0 aliphatic heterocycles. The summed E-state index contributed by atoms with van der Waals surface area (Å²) in [5.41, 5.74) is 7.88. The summed E-state index contributed by atoms with van der Waals surface area (Å²) in [7, 11) is 0. The van der Waals surface area contributed by atoms with Crippen LogP contribution in [0.3, 0.4) is 0 Å². The minimum Gasteiger partial charge on any atom is -0.490 e. The molecule has 0 saturated carbocycles. The number of aryl methyl sites for hydroxylation is 1. The van der Waals surface area contributed by atoms with Crippen LogP contribution in [0.25, 0.3) is 10.9 Å². The fraction of sp³-hybridized carbons (Fsp3) is 0.400. The van der Waals surface area contributed by atoms with E-state index in [0.29, 0.717) is 6.61 Å². The summed E-state index contributed by atoms with van der Waals surface area (Å²) < 4.78 is 5.80. The number of fused-ring (bicyclic) bond motifs is 1. The average Bonchev–Trinajstić information content (AvgIpc) is 2.36. The Labute approximate surface area is 108 Å². The molecule has 2 aromatic rings. The molecule has 18 heavy (non-hydrogen) atoms. The summed E-state index contributed by atoms with van der Waals surface area (Å²) in [6, 6.07) is 10.1. The van der Waals surface area contributed by atoms with E-state index < -0.39 is 0 Å². The van der Waals surface area contributed by atoms with Gasteiger partial charge in [0.1, 0.15) is 17.9 Å². The monoisotopic (exact) mass is 244 g/mol. The number of hydrogen-bond donors (Lipinski definition) is 1. The number of hydrogen-bond acceptors (Lipinski definition) is 3. The first-order chi connectivity index (χ1) is 8.70. The van der Waals surface area contributed by atoms with Gasteiger partial charge in [0.05, 0.1) is 0 Å². The van der Waals surface area contributed by atoms with E-state index in [1.54, 1.807) is 0 Å². The van der Waals surface area contributed by atoms with E-state index in [0.717, 1.165) is 35.2 Å². The van der Waals surface area contributed by atoms with Gasteiger partial charge in [0, 0.05) is 17.1 Å². The van der Waals surface area contributed by atoms with Gasteiger partial charge in [-0.15, -0.1) is 0 Å². The van der Waals surface area contributed by atoms with Crippen LogP contribution in [-0.4, -0.2) is 17.6 Å². The minimum absolute atomic E-state index is 0.0927. The molecule has 0 spiro atoms. The third-order valence-electron chi connectivity index (χ3n) is 2.93. The molecular formula is C15H20N2O. The predicted molar refractivity (Wildman–Crippen MR) is 74.9 cm³/mol. The number of ether oxygens (including phenoxy) is 1. The van der Waals surface area contributed by atoms with Crippen molar-refractivity contribution in [1.29, 1.82) is 0 Å². The van der Waals surface area contributed by atoms with Gasteiger partial charge in [0.15, 0.2) is 0 Å². The van der Waals surface area contributed by atoms with Crippen LogP contribution < -0.4 is 10.5 Å². The molecule has 0 radical (unpaired) electrons. The lowest BCUT2D eigenvalue weighted by Gasteiger charge is -2.13. The van der Waals surface area contributed by atoms with Crippen molar-refractivity contribution < 1.29 is 4.74 Å². The maximum Gasteiger partial charge on any atom is 0.145 e. The van der Waals surface area contributed by atoms with Gasteiger partial charge in [-0.25, -0.2) is 4.98 Å². The number of para-hydroxylation sites is 1. The van der Waals surface area contributed by atoms with E-state index in [-0.39, 0.29) is 6.04 Å². The lowest BCUT2D eigenvalue weighted by Crippen LogP contribution is -2.27. The maximum atomic E-state index is 5.96. The van der Waals surface area contributed by atoms with Gasteiger partial charge in [-0.05, 0) is 25.5 Å². The number of nitrogens with two attached hydrogens (primary N) is 1. The van der Waals surface area contributed by atoms with Crippen molar-refractivity contribution in [2.24, 2.45) is 5.73 Å². The molecule has 2 rings (SSSR count). The molecule has 1 unspecified atom stereocenters. The number of benzene rings is 1. The second-order valence-corrected chi connectivity index (χ2v) is 4.64. The van der Waals surface area contributed by atoms with Gasteiger partial charge in [0.25, 0.3) is 0 Å². The highest BCUT2D eigenvalue weighted by molar-refractivity contribution is 5.84. The minimum atomic E-state index is 0.0927. The molecule has 0 saturated heterocycles. The topological polar surface area (TPSA) is 48.1 Å². The Morgan fingerprint density at radius 1 is 1.28 bits per heavy atom. The van der Waals surface area contributed by atoms with Crippen LogP contribution in [0.4, 0.5) is 0 Å². The highest BCUT2D eigenvalue weighted by Gasteiger charge is 2.06. The van der Waals surface area contributed by atoms with Gasteiger partial charge in [-0.2, -0.15) is 0 Å². The van der Waals surface area contributed by atoms with Crippen LogP contribution in [0.5, 0.6) is 5.75 Å². The molecule has 1 aromatic heterocycles. The molecule has 1 atom stereocenters. The zero-order valence-electron chi connectivity index (χ0n) is 11.0. The van der Waals surface area contributed by atoms with Crippen molar-refractivity contribution >= 4 is 10.9 Å². The summed E-state index contributed by atoms with van der Waals surface area (Å²) >= 11 is 0. The van der Waals surface area contributed by atoms with Crippen LogP contribution in [0.2, 0.25) is 0 Å². The largest absolute Gasteiger partial charge is 0.490 e. The molecule has 0 aliphatic rings. The van der Waals surface area contributed by atoms with Gasteiger partial charge >= 0.3 is 0 Å². The lowest BCUT2D eigenvalue weighted by molar-refractivity contribution is 0.284. The fourth-order valence-corrected chi connectivity index (χ4v) is 1.98. The first kappa shape index (κ1) is 12.8. The van der Waals surface area contributed by atoms with E-state index in [1.807, 2.05) is 31.2 Å². The Balaban J connectivity index is 2.19. The maximum absolute atomic E-state index is 5.96. The molecule has 0 aliphatic carbocycles. The summed E-state index contributed by atoms with van der Waals surface area (Å²) in [6.45, 7) is 4.66. The second kappa shape index (κ2) is 5.83. The first-order valence-corrected chi connectivity index (χ1v) is 6.45. The van der Waals surface area contributed by atoms with E-state index in [2.05, 4.69) is 18.0 Å². The van der Waals surface area contributed by atoms with Crippen LogP contribution >= 0.6 is 0 Å². The molecule has 3 nitrogen and oxygen atoms in total. The van der Waals surface area contributed by atoms with Crippen molar-refractivity contribution in [3.8, 4) is 5.75 Å². The summed E-state index contributed by atoms with van der Waals surface area (Å²) in [5, 5.41) is 1.10. The van der Waals surface area contributed by atoms with Crippen molar-refractivity contribution in [2.45, 2.75) is 32.7 Å². The molecule has 1 aromatic carbocycles. The summed E-state index contributed by atoms with van der Waals surface area (Å²) in [6.07, 6.45) is 2.06. The Hall–Kier alpha value is -1.61. The predicted octanol–water partition coefficient (Wildman–Crippen LogP) is 3.05. The second-order valence-electron chi connectivity index (χ2n) is 4.64. The Kier molecular flexibility index (Phi) is 4.15. The van der Waals surface area contributed by atoms with Crippen LogP contribution in [0, 0.1) is 6.92 Å². The van der Waals surface area contributed by atoms with Gasteiger partial charge in [-0.3, -0.25) is 0 Å². The van der Waals surface area contributed by atoms with Crippen LogP contribution in [0.15, 0.2) is 30.3 Å². The van der Waals surface area contributed by atoms with E-state index in [4.69, 9.17) is 10.5 Å². The smallest absolute Gasteiger partial charge is 0.145 e. The standard InChI is InChI=1S/C15H20N2O/c1-3-5-13(16)10-18-14-7-4-6-12-9-8-11(2)17-15(12)14/h4,6-9,13H,3,5,10,16H2,1-2H3. The Morgan fingerprint density at radius 2 is 2.11 bits per heavy atom. The van der Waals surface area contributed by atoms with Gasteiger partial charge in [-0.1, -0.05) is 31.5 Å². The number of nitrogens with zero attached hydrogens (tertiary/aromatic N) is 1. The number of pyridine rings is 1.